The van der Waals surface area contributed by atoms with Gasteiger partial charge in [-0.25, -0.2) is 0 Å². The molecule has 1 aliphatic heterocycles. The summed E-state index contributed by atoms with van der Waals surface area (Å²) in [4.78, 5) is 15.9. The molecular formula is C12H18N6S. The first kappa shape index (κ1) is 12.7. The first-order chi connectivity index (χ1) is 9.31. The van der Waals surface area contributed by atoms with E-state index in [9.17, 15) is 0 Å². The van der Waals surface area contributed by atoms with Crippen LogP contribution in [0.4, 0.5) is 5.95 Å². The molecule has 0 spiro atoms. The van der Waals surface area contributed by atoms with Gasteiger partial charge in [0.25, 0.3) is 5.78 Å². The Hall–Kier alpha value is -1.37. The zero-order valence-corrected chi connectivity index (χ0v) is 12.2. The summed E-state index contributed by atoms with van der Waals surface area (Å²) in [5.41, 5.74) is 0. The fraction of sp³-hybridized carbons (Fsp3) is 0.667. The molecule has 0 bridgehead atoms. The van der Waals surface area contributed by atoms with Gasteiger partial charge in [0.15, 0.2) is 5.82 Å². The number of anilines is 1. The third-order valence-corrected chi connectivity index (χ3v) is 4.15. The van der Waals surface area contributed by atoms with E-state index >= 15 is 0 Å². The highest BCUT2D eigenvalue weighted by Gasteiger charge is 2.19. The van der Waals surface area contributed by atoms with E-state index in [4.69, 9.17) is 0 Å². The quantitative estimate of drug-likeness (QED) is 0.841. The van der Waals surface area contributed by atoms with Crippen LogP contribution in [0.25, 0.3) is 5.78 Å². The number of hydrogen-bond acceptors (Lipinski definition) is 6. The predicted octanol–water partition coefficient (Wildman–Crippen LogP) is 1.20. The first-order valence-electron chi connectivity index (χ1n) is 6.77. The van der Waals surface area contributed by atoms with Crippen molar-refractivity contribution in [2.75, 3.05) is 29.5 Å². The minimum atomic E-state index is 0.678. The van der Waals surface area contributed by atoms with Gasteiger partial charge in [-0.15, -0.1) is 5.10 Å². The van der Waals surface area contributed by atoms with E-state index in [2.05, 4.69) is 38.8 Å². The molecule has 0 saturated carbocycles. The van der Waals surface area contributed by atoms with Crippen molar-refractivity contribution < 1.29 is 0 Å². The molecule has 0 aliphatic carbocycles. The molecule has 0 aromatic carbocycles. The van der Waals surface area contributed by atoms with Gasteiger partial charge >= 0.3 is 0 Å². The summed E-state index contributed by atoms with van der Waals surface area (Å²) in [5, 5.41) is 4.51. The Bertz CT molecular complexity index is 575. The van der Waals surface area contributed by atoms with E-state index in [0.29, 0.717) is 5.78 Å². The highest BCUT2D eigenvalue weighted by molar-refractivity contribution is 7.99. The molecule has 3 heterocycles. The number of fused-ring (bicyclic) bond motifs is 1. The van der Waals surface area contributed by atoms with Crippen molar-refractivity contribution in [3.63, 3.8) is 0 Å². The first-order valence-corrected chi connectivity index (χ1v) is 7.92. The molecule has 1 aliphatic rings. The van der Waals surface area contributed by atoms with Crippen molar-refractivity contribution in [3.05, 3.63) is 11.6 Å². The Morgan fingerprint density at radius 3 is 2.37 bits per heavy atom. The van der Waals surface area contributed by atoms with Crippen LogP contribution in [0.3, 0.4) is 0 Å². The normalized spacial score (nSPS) is 16.2. The summed E-state index contributed by atoms with van der Waals surface area (Å²) >= 11 is 1.99. The number of aromatic nitrogens is 5. The van der Waals surface area contributed by atoms with Crippen LogP contribution < -0.4 is 4.90 Å². The summed E-state index contributed by atoms with van der Waals surface area (Å²) < 4.78 is 1.80. The van der Waals surface area contributed by atoms with Crippen LogP contribution in [0.1, 0.15) is 25.5 Å². The summed E-state index contributed by atoms with van der Waals surface area (Å²) in [7, 11) is 0. The molecular weight excluding hydrogens is 260 g/mol. The van der Waals surface area contributed by atoms with Gasteiger partial charge in [-0.3, -0.25) is 0 Å². The van der Waals surface area contributed by atoms with Crippen LogP contribution in [-0.4, -0.2) is 49.2 Å². The number of nitrogens with zero attached hydrogens (tertiary/aromatic N) is 6. The zero-order chi connectivity index (χ0) is 13.2. The molecule has 3 rings (SSSR count). The topological polar surface area (TPSA) is 59.2 Å². The average molecular weight is 278 g/mol. The summed E-state index contributed by atoms with van der Waals surface area (Å²) in [6.45, 7) is 6.15. The minimum absolute atomic E-state index is 0.678. The Morgan fingerprint density at radius 2 is 1.68 bits per heavy atom. The lowest BCUT2D eigenvalue weighted by Gasteiger charge is -2.27. The van der Waals surface area contributed by atoms with Gasteiger partial charge in [-0.2, -0.15) is 31.2 Å². The van der Waals surface area contributed by atoms with Crippen molar-refractivity contribution in [1.82, 2.24) is 24.6 Å². The molecule has 0 unspecified atom stereocenters. The lowest BCUT2D eigenvalue weighted by Crippen LogP contribution is -2.35. The second-order valence-corrected chi connectivity index (χ2v) is 5.71. The van der Waals surface area contributed by atoms with Crippen LogP contribution in [0.2, 0.25) is 0 Å². The van der Waals surface area contributed by atoms with Gasteiger partial charge in [0, 0.05) is 37.4 Å². The molecule has 2 aromatic heterocycles. The van der Waals surface area contributed by atoms with Crippen LogP contribution >= 0.6 is 11.8 Å². The van der Waals surface area contributed by atoms with Gasteiger partial charge < -0.3 is 4.90 Å². The maximum atomic E-state index is 4.66. The summed E-state index contributed by atoms with van der Waals surface area (Å²) in [6.07, 6.45) is 1.64. The average Bonchev–Trinajstić information content (AvgIpc) is 2.90. The van der Waals surface area contributed by atoms with E-state index in [1.54, 1.807) is 4.52 Å². The van der Waals surface area contributed by atoms with Crippen molar-refractivity contribution in [3.8, 4) is 0 Å². The Morgan fingerprint density at radius 1 is 1.00 bits per heavy atom. The maximum absolute atomic E-state index is 4.66. The number of rotatable bonds is 3. The van der Waals surface area contributed by atoms with Crippen molar-refractivity contribution in [2.45, 2.75) is 26.7 Å². The molecule has 0 radical (unpaired) electrons. The highest BCUT2D eigenvalue weighted by atomic mass is 32.2. The molecule has 1 saturated heterocycles. The van der Waals surface area contributed by atoms with Crippen molar-refractivity contribution in [1.29, 1.82) is 0 Å². The van der Waals surface area contributed by atoms with Gasteiger partial charge in [0.05, 0.1) is 0 Å². The molecule has 102 valence electrons. The van der Waals surface area contributed by atoms with Gasteiger partial charge in [0.2, 0.25) is 5.95 Å². The van der Waals surface area contributed by atoms with Gasteiger partial charge in [-0.1, -0.05) is 13.8 Å². The Kier molecular flexibility index (Phi) is 3.54. The zero-order valence-electron chi connectivity index (χ0n) is 11.3. The Labute approximate surface area is 116 Å². The van der Waals surface area contributed by atoms with E-state index < -0.39 is 0 Å². The van der Waals surface area contributed by atoms with Crippen LogP contribution in [0.5, 0.6) is 0 Å². The molecule has 19 heavy (non-hydrogen) atoms. The third kappa shape index (κ3) is 2.39. The second-order valence-electron chi connectivity index (χ2n) is 4.49. The standard InChI is InChI=1S/C12H18N6S/c1-3-9-13-11-14-10(4-2)16-18(11)12(15-9)17-5-7-19-8-6-17/h3-8H2,1-2H3. The van der Waals surface area contributed by atoms with Gasteiger partial charge in [-0.05, 0) is 0 Å². The second kappa shape index (κ2) is 5.32. The van der Waals surface area contributed by atoms with Gasteiger partial charge in [0.1, 0.15) is 5.82 Å². The predicted molar refractivity (Wildman–Crippen MR) is 76.9 cm³/mol. The molecule has 0 amide bonds. The van der Waals surface area contributed by atoms with Crippen LogP contribution in [-0.2, 0) is 12.8 Å². The summed E-state index contributed by atoms with van der Waals surface area (Å²) in [5.74, 6) is 5.53. The van der Waals surface area contributed by atoms with E-state index in [1.807, 2.05) is 11.8 Å². The number of thioether (sulfide) groups is 1. The Balaban J connectivity index is 2.11. The van der Waals surface area contributed by atoms with Crippen molar-refractivity contribution in [2.24, 2.45) is 0 Å². The largest absolute Gasteiger partial charge is 0.339 e. The van der Waals surface area contributed by atoms with E-state index in [-0.39, 0.29) is 0 Å². The van der Waals surface area contributed by atoms with E-state index in [1.165, 1.54) is 0 Å². The lowest BCUT2D eigenvalue weighted by atomic mass is 10.4. The molecule has 0 atom stereocenters. The third-order valence-electron chi connectivity index (χ3n) is 3.21. The molecule has 0 N–H and O–H groups in total. The molecule has 6 nitrogen and oxygen atoms in total. The fourth-order valence-electron chi connectivity index (χ4n) is 2.13. The molecule has 1 fully saturated rings. The number of aryl methyl sites for hydroxylation is 2. The van der Waals surface area contributed by atoms with Crippen molar-refractivity contribution >= 4 is 23.5 Å². The minimum Gasteiger partial charge on any atom is -0.339 e. The summed E-state index contributed by atoms with van der Waals surface area (Å²) in [6, 6.07) is 0. The fourth-order valence-corrected chi connectivity index (χ4v) is 3.03. The molecule has 2 aromatic rings. The van der Waals surface area contributed by atoms with Crippen LogP contribution in [0.15, 0.2) is 0 Å². The monoisotopic (exact) mass is 278 g/mol. The van der Waals surface area contributed by atoms with Crippen LogP contribution in [0, 0.1) is 0 Å². The SMILES string of the molecule is CCc1nc(N2CCSCC2)n2nc(CC)nc2n1. The molecule has 7 heteroatoms. The smallest absolute Gasteiger partial charge is 0.257 e. The number of hydrogen-bond donors (Lipinski definition) is 0. The maximum Gasteiger partial charge on any atom is 0.257 e. The van der Waals surface area contributed by atoms with E-state index in [0.717, 1.165) is 55.0 Å². The lowest BCUT2D eigenvalue weighted by molar-refractivity contribution is 0.740. The highest BCUT2D eigenvalue weighted by Crippen LogP contribution is 2.18.